The monoisotopic (exact) mass is 311 g/mol. The van der Waals surface area contributed by atoms with E-state index in [9.17, 15) is 9.90 Å². The van der Waals surface area contributed by atoms with E-state index in [0.29, 0.717) is 16.9 Å². The Hall–Kier alpha value is -2.78. The lowest BCUT2D eigenvalue weighted by Gasteiger charge is -2.42. The Labute approximate surface area is 133 Å². The van der Waals surface area contributed by atoms with Crippen LogP contribution in [-0.2, 0) is 0 Å². The van der Waals surface area contributed by atoms with Crippen molar-refractivity contribution in [1.82, 2.24) is 4.57 Å². The van der Waals surface area contributed by atoms with Crippen LogP contribution in [0.2, 0.25) is 0 Å². The number of ether oxygens (including phenoxy) is 1. The zero-order chi connectivity index (χ0) is 16.8. The van der Waals surface area contributed by atoms with Crippen LogP contribution in [0, 0.1) is 11.3 Å². The van der Waals surface area contributed by atoms with Crippen molar-refractivity contribution in [3.63, 3.8) is 0 Å². The van der Waals surface area contributed by atoms with Crippen molar-refractivity contribution in [1.29, 1.82) is 5.26 Å². The maximum Gasteiger partial charge on any atom is 0.274 e. The SMILES string of the molecule is CC1(C)Oc2ccc(C#N)cc2[C@@H](n2cccc(N)c2=O)[C@@H]1O. The molecule has 6 nitrogen and oxygen atoms in total. The first kappa shape index (κ1) is 15.1. The highest BCUT2D eigenvalue weighted by Crippen LogP contribution is 2.41. The molecule has 1 aliphatic rings. The van der Waals surface area contributed by atoms with Crippen LogP contribution in [0.1, 0.15) is 31.0 Å². The number of aromatic nitrogens is 1. The lowest BCUT2D eigenvalue weighted by Crippen LogP contribution is -2.52. The minimum absolute atomic E-state index is 0.0991. The van der Waals surface area contributed by atoms with E-state index in [-0.39, 0.29) is 11.2 Å². The van der Waals surface area contributed by atoms with Crippen LogP contribution in [-0.4, -0.2) is 21.4 Å². The third-order valence-corrected chi connectivity index (χ3v) is 4.15. The molecule has 0 spiro atoms. The van der Waals surface area contributed by atoms with E-state index in [1.807, 2.05) is 0 Å². The molecule has 1 aromatic heterocycles. The fourth-order valence-corrected chi connectivity index (χ4v) is 2.88. The van der Waals surface area contributed by atoms with Gasteiger partial charge in [-0.1, -0.05) is 0 Å². The van der Waals surface area contributed by atoms with Gasteiger partial charge in [0.05, 0.1) is 23.4 Å². The van der Waals surface area contributed by atoms with Crippen LogP contribution in [0.25, 0.3) is 0 Å². The summed E-state index contributed by atoms with van der Waals surface area (Å²) in [5.41, 5.74) is 5.56. The molecule has 6 heteroatoms. The lowest BCUT2D eigenvalue weighted by molar-refractivity contribution is -0.0642. The highest BCUT2D eigenvalue weighted by atomic mass is 16.5. The molecule has 2 aromatic rings. The summed E-state index contributed by atoms with van der Waals surface area (Å²) >= 11 is 0. The zero-order valence-corrected chi connectivity index (χ0v) is 12.9. The maximum absolute atomic E-state index is 12.4. The van der Waals surface area contributed by atoms with Crippen molar-refractivity contribution in [3.05, 3.63) is 58.0 Å². The van der Waals surface area contributed by atoms with Crippen molar-refractivity contribution in [2.75, 3.05) is 5.73 Å². The standard InChI is InChI=1S/C17H17N3O3/c1-17(2)15(21)14(20-7-3-4-12(19)16(20)22)11-8-10(9-18)5-6-13(11)23-17/h3-8,14-15,21H,19H2,1-2H3/t14-,15+/m1/s1. The van der Waals surface area contributed by atoms with Gasteiger partial charge in [-0.25, -0.2) is 0 Å². The number of pyridine rings is 1. The Morgan fingerprint density at radius 2 is 2.13 bits per heavy atom. The highest BCUT2D eigenvalue weighted by molar-refractivity contribution is 5.47. The third kappa shape index (κ3) is 2.35. The Bertz CT molecular complexity index is 864. The number of hydrogen-bond donors (Lipinski definition) is 2. The predicted molar refractivity (Wildman–Crippen MR) is 85.1 cm³/mol. The first-order chi connectivity index (χ1) is 10.8. The number of nitrogens with two attached hydrogens (primary N) is 1. The molecule has 23 heavy (non-hydrogen) atoms. The molecule has 1 aliphatic heterocycles. The number of nitriles is 1. The molecular formula is C17H17N3O3. The molecule has 2 atom stereocenters. The van der Waals surface area contributed by atoms with Crippen molar-refractivity contribution >= 4 is 5.69 Å². The van der Waals surface area contributed by atoms with Gasteiger partial charge in [-0.05, 0) is 44.2 Å². The summed E-state index contributed by atoms with van der Waals surface area (Å²) in [4.78, 5) is 12.4. The van der Waals surface area contributed by atoms with Gasteiger partial charge >= 0.3 is 0 Å². The molecular weight excluding hydrogens is 294 g/mol. The summed E-state index contributed by atoms with van der Waals surface area (Å²) in [6.07, 6.45) is 0.597. The average molecular weight is 311 g/mol. The molecule has 118 valence electrons. The van der Waals surface area contributed by atoms with E-state index >= 15 is 0 Å². The molecule has 0 fully saturated rings. The minimum atomic E-state index is -0.983. The number of hydrogen-bond acceptors (Lipinski definition) is 5. The Morgan fingerprint density at radius 1 is 1.39 bits per heavy atom. The second kappa shape index (κ2) is 5.14. The van der Waals surface area contributed by atoms with E-state index in [1.54, 1.807) is 44.3 Å². The number of benzene rings is 1. The topological polar surface area (TPSA) is 101 Å². The number of anilines is 1. The van der Waals surface area contributed by atoms with Crippen LogP contribution in [0.5, 0.6) is 5.75 Å². The highest BCUT2D eigenvalue weighted by Gasteiger charge is 2.44. The summed E-state index contributed by atoms with van der Waals surface area (Å²) in [6, 6.07) is 9.51. The number of nitrogens with zero attached hydrogens (tertiary/aromatic N) is 2. The summed E-state index contributed by atoms with van der Waals surface area (Å²) in [5, 5.41) is 19.9. The van der Waals surface area contributed by atoms with Gasteiger partial charge in [-0.3, -0.25) is 4.79 Å². The van der Waals surface area contributed by atoms with E-state index in [4.69, 9.17) is 15.7 Å². The molecule has 0 amide bonds. The Kier molecular flexibility index (Phi) is 3.38. The fourth-order valence-electron chi connectivity index (χ4n) is 2.88. The number of aliphatic hydroxyl groups is 1. The quantitative estimate of drug-likeness (QED) is 0.829. The van der Waals surface area contributed by atoms with Crippen molar-refractivity contribution in [2.24, 2.45) is 0 Å². The van der Waals surface area contributed by atoms with Crippen LogP contribution in [0.4, 0.5) is 5.69 Å². The first-order valence-corrected chi connectivity index (χ1v) is 7.23. The molecule has 1 aromatic carbocycles. The number of rotatable bonds is 1. The fraction of sp³-hybridized carbons (Fsp3) is 0.294. The van der Waals surface area contributed by atoms with Gasteiger partial charge in [0.2, 0.25) is 0 Å². The second-order valence-electron chi connectivity index (χ2n) is 6.14. The largest absolute Gasteiger partial charge is 0.485 e. The van der Waals surface area contributed by atoms with Crippen molar-refractivity contribution < 1.29 is 9.84 Å². The number of aliphatic hydroxyl groups excluding tert-OH is 1. The summed E-state index contributed by atoms with van der Waals surface area (Å²) in [5.74, 6) is 0.540. The van der Waals surface area contributed by atoms with Gasteiger partial charge in [0, 0.05) is 11.8 Å². The molecule has 0 saturated carbocycles. The zero-order valence-electron chi connectivity index (χ0n) is 12.9. The van der Waals surface area contributed by atoms with E-state index < -0.39 is 17.7 Å². The van der Waals surface area contributed by atoms with Crippen LogP contribution in [0.3, 0.4) is 0 Å². The van der Waals surface area contributed by atoms with Gasteiger partial charge in [-0.2, -0.15) is 5.26 Å². The number of fused-ring (bicyclic) bond motifs is 1. The predicted octanol–water partition coefficient (Wildman–Crippen LogP) is 1.42. The number of nitrogen functional groups attached to an aromatic ring is 1. The smallest absolute Gasteiger partial charge is 0.274 e. The van der Waals surface area contributed by atoms with Crippen LogP contribution >= 0.6 is 0 Å². The van der Waals surface area contributed by atoms with Gasteiger partial charge in [-0.15, -0.1) is 0 Å². The third-order valence-electron chi connectivity index (χ3n) is 4.15. The summed E-state index contributed by atoms with van der Waals surface area (Å²) < 4.78 is 7.24. The van der Waals surface area contributed by atoms with E-state index in [0.717, 1.165) is 0 Å². The average Bonchev–Trinajstić information content (AvgIpc) is 2.51. The van der Waals surface area contributed by atoms with E-state index in [1.165, 1.54) is 10.6 Å². The van der Waals surface area contributed by atoms with E-state index in [2.05, 4.69) is 6.07 Å². The summed E-state index contributed by atoms with van der Waals surface area (Å²) in [7, 11) is 0. The van der Waals surface area contributed by atoms with Crippen molar-refractivity contribution in [2.45, 2.75) is 31.6 Å². The summed E-state index contributed by atoms with van der Waals surface area (Å²) in [6.45, 7) is 3.51. The molecule has 0 aliphatic carbocycles. The maximum atomic E-state index is 12.4. The molecule has 2 heterocycles. The van der Waals surface area contributed by atoms with Gasteiger partial charge in [0.1, 0.15) is 17.5 Å². The molecule has 3 N–H and O–H groups in total. The van der Waals surface area contributed by atoms with Crippen LogP contribution in [0.15, 0.2) is 41.3 Å². The Balaban J connectivity index is 2.28. The molecule has 0 bridgehead atoms. The molecule has 0 saturated heterocycles. The minimum Gasteiger partial charge on any atom is -0.485 e. The molecule has 0 radical (unpaired) electrons. The van der Waals surface area contributed by atoms with Gasteiger partial charge < -0.3 is 20.1 Å². The van der Waals surface area contributed by atoms with Gasteiger partial charge in [0.15, 0.2) is 0 Å². The lowest BCUT2D eigenvalue weighted by atomic mass is 9.85. The molecule has 0 unspecified atom stereocenters. The molecule has 3 rings (SSSR count). The van der Waals surface area contributed by atoms with Gasteiger partial charge in [0.25, 0.3) is 5.56 Å². The second-order valence-corrected chi connectivity index (χ2v) is 6.14. The Morgan fingerprint density at radius 3 is 2.83 bits per heavy atom. The normalized spacial score (nSPS) is 21.8. The first-order valence-electron chi connectivity index (χ1n) is 7.23. The van der Waals surface area contributed by atoms with Crippen LogP contribution < -0.4 is 16.0 Å². The van der Waals surface area contributed by atoms with Crippen molar-refractivity contribution in [3.8, 4) is 11.8 Å².